The molecule has 6 aromatic rings. The molecule has 1 atom stereocenters. The molecule has 0 bridgehead atoms. The number of methoxy groups -OCH3 is 1. The van der Waals surface area contributed by atoms with Gasteiger partial charge in [-0.3, -0.25) is 0 Å². The van der Waals surface area contributed by atoms with Crippen LogP contribution in [0.5, 0.6) is 5.75 Å². The third kappa shape index (κ3) is 13.4. The fourth-order valence-electron chi connectivity index (χ4n) is 8.29. The second-order valence-electron chi connectivity index (χ2n) is 20.5. The van der Waals surface area contributed by atoms with E-state index in [2.05, 4.69) is 61.2 Å². The summed E-state index contributed by atoms with van der Waals surface area (Å²) in [6.07, 6.45) is 3.29. The lowest BCUT2D eigenvalue weighted by Crippen LogP contribution is -2.51. The molecule has 1 saturated heterocycles. The van der Waals surface area contributed by atoms with Crippen molar-refractivity contribution in [3.63, 3.8) is 0 Å². The minimum atomic E-state index is -4.85. The zero-order chi connectivity index (χ0) is 51.9. The van der Waals surface area contributed by atoms with Crippen LogP contribution in [0.1, 0.15) is 82.7 Å². The Morgan fingerprint density at radius 3 is 2.03 bits per heavy atom. The maximum absolute atomic E-state index is 16.3. The van der Waals surface area contributed by atoms with Crippen molar-refractivity contribution in [1.82, 2.24) is 44.5 Å². The van der Waals surface area contributed by atoms with Gasteiger partial charge in [0.15, 0.2) is 14.1 Å². The van der Waals surface area contributed by atoms with Gasteiger partial charge in [-0.1, -0.05) is 93.6 Å². The van der Waals surface area contributed by atoms with Gasteiger partial charge in [0, 0.05) is 62.8 Å². The van der Waals surface area contributed by atoms with Crippen LogP contribution in [0, 0.1) is 0 Å². The van der Waals surface area contributed by atoms with E-state index in [1.54, 1.807) is 52.4 Å². The number of benzene rings is 4. The summed E-state index contributed by atoms with van der Waals surface area (Å²) in [6.45, 7) is 15.9. The third-order valence-corrected chi connectivity index (χ3v) is 21.1. The molecular formula is C51H68N10O8S2Si. The third-order valence-electron chi connectivity index (χ3n) is 13.1. The maximum Gasteiger partial charge on any atom is 0.407 e. The normalized spacial score (nSPS) is 14.6. The number of amides is 1. The van der Waals surface area contributed by atoms with Crippen molar-refractivity contribution >= 4 is 40.1 Å². The van der Waals surface area contributed by atoms with Gasteiger partial charge in [-0.05, 0) is 103 Å². The summed E-state index contributed by atoms with van der Waals surface area (Å²) >= 11 is 0. The topological polar surface area (TPSA) is 216 Å². The van der Waals surface area contributed by atoms with Crippen LogP contribution in [-0.4, -0.2) is 111 Å². The van der Waals surface area contributed by atoms with Gasteiger partial charge in [-0.25, -0.2) is 36.0 Å². The molecule has 386 valence electrons. The summed E-state index contributed by atoms with van der Waals surface area (Å²) in [6, 6.07) is 28.7. The number of alkyl carbamates (subject to hydrolysis) is 1. The van der Waals surface area contributed by atoms with Crippen LogP contribution in [0.15, 0.2) is 119 Å². The van der Waals surface area contributed by atoms with Crippen LogP contribution in [0.4, 0.5) is 10.5 Å². The number of tetrazole rings is 1. The van der Waals surface area contributed by atoms with Crippen molar-refractivity contribution in [3.8, 4) is 17.1 Å². The summed E-state index contributed by atoms with van der Waals surface area (Å²) < 4.78 is 86.5. The minimum absolute atomic E-state index is 0.0307. The number of nitrogens with one attached hydrogen (secondary N) is 3. The molecule has 21 heteroatoms. The maximum atomic E-state index is 16.3. The number of aromatic amines is 1. The number of H-pyrrole nitrogens is 1. The molecule has 0 aliphatic carbocycles. The van der Waals surface area contributed by atoms with Crippen LogP contribution in [0.2, 0.25) is 18.1 Å². The number of nitrogens with zero attached hydrogens (tertiary/aromatic N) is 7. The van der Waals surface area contributed by atoms with E-state index in [1.807, 2.05) is 92.1 Å². The highest BCUT2D eigenvalue weighted by Crippen LogP contribution is 2.44. The number of aromatic nitrogens is 6. The van der Waals surface area contributed by atoms with Crippen LogP contribution >= 0.6 is 0 Å². The van der Waals surface area contributed by atoms with E-state index < -0.39 is 56.0 Å². The van der Waals surface area contributed by atoms with E-state index in [0.29, 0.717) is 48.5 Å². The van der Waals surface area contributed by atoms with Crippen molar-refractivity contribution < 1.29 is 35.5 Å². The Balaban J connectivity index is 1.42. The molecule has 1 aliphatic heterocycles. The van der Waals surface area contributed by atoms with Gasteiger partial charge in [0.2, 0.25) is 20.0 Å². The molecule has 0 spiro atoms. The number of rotatable bonds is 20. The molecule has 7 rings (SSSR count). The molecule has 1 aliphatic rings. The van der Waals surface area contributed by atoms with Gasteiger partial charge < -0.3 is 29.1 Å². The first kappa shape index (κ1) is 53.8. The molecule has 3 heterocycles. The number of sulfonamides is 2. The molecule has 3 N–H and O–H groups in total. The summed E-state index contributed by atoms with van der Waals surface area (Å²) in [4.78, 5) is 21.5. The number of ether oxygens (including phenoxy) is 2. The number of piperidine rings is 1. The van der Waals surface area contributed by atoms with Crippen molar-refractivity contribution in [2.45, 2.75) is 120 Å². The summed E-state index contributed by atoms with van der Waals surface area (Å²) in [5, 5.41) is 15.5. The van der Waals surface area contributed by atoms with Gasteiger partial charge in [0.1, 0.15) is 21.1 Å². The number of imidazole rings is 1. The van der Waals surface area contributed by atoms with Gasteiger partial charge in [-0.15, -0.1) is 5.10 Å². The number of carbonyl (C=O) groups is 1. The van der Waals surface area contributed by atoms with E-state index >= 15 is 16.8 Å². The molecule has 1 amide bonds. The molecule has 18 nitrogen and oxygen atoms in total. The van der Waals surface area contributed by atoms with Crippen molar-refractivity contribution in [3.05, 3.63) is 132 Å². The fraction of sp³-hybridized carbons (Fsp3) is 0.431. The average molecular weight is 1040 g/mol. The Bertz CT molecular complexity index is 2920. The van der Waals surface area contributed by atoms with Crippen molar-refractivity contribution in [1.29, 1.82) is 0 Å². The lowest BCUT2D eigenvalue weighted by Gasteiger charge is -2.39. The second-order valence-corrected chi connectivity index (χ2v) is 28.9. The van der Waals surface area contributed by atoms with Crippen molar-refractivity contribution in [2.24, 2.45) is 0 Å². The van der Waals surface area contributed by atoms with Gasteiger partial charge >= 0.3 is 6.09 Å². The van der Waals surface area contributed by atoms with Crippen LogP contribution < -0.4 is 19.7 Å². The number of hydrogen-bond acceptors (Lipinski definition) is 13. The lowest BCUT2D eigenvalue weighted by molar-refractivity contribution is 0.0498. The molecule has 1 fully saturated rings. The smallest absolute Gasteiger partial charge is 0.407 e. The molecule has 4 aromatic carbocycles. The van der Waals surface area contributed by atoms with E-state index in [0.717, 1.165) is 11.3 Å². The molecule has 72 heavy (non-hydrogen) atoms. The molecule has 2 aromatic heterocycles. The number of hydrogen-bond donors (Lipinski definition) is 3. The largest absolute Gasteiger partial charge is 0.497 e. The van der Waals surface area contributed by atoms with Gasteiger partial charge in [-0.2, -0.15) is 4.31 Å². The molecular weight excluding hydrogens is 973 g/mol. The first-order valence-electron chi connectivity index (χ1n) is 24.1. The molecule has 1 unspecified atom stereocenters. The highest BCUT2D eigenvalue weighted by Gasteiger charge is 2.42. The zero-order valence-electron chi connectivity index (χ0n) is 42.6. The summed E-state index contributed by atoms with van der Waals surface area (Å²) in [7, 11) is -10.6. The second kappa shape index (κ2) is 22.4. The highest BCUT2D eigenvalue weighted by molar-refractivity contribution is 7.92. The minimum Gasteiger partial charge on any atom is -0.497 e. The predicted octanol–water partition coefficient (Wildman–Crippen LogP) is 8.09. The van der Waals surface area contributed by atoms with Crippen molar-refractivity contribution in [2.75, 3.05) is 38.2 Å². The number of anilines is 1. The number of carbonyl (C=O) groups excluding carboxylic acids is 1. The zero-order valence-corrected chi connectivity index (χ0v) is 45.3. The first-order chi connectivity index (χ1) is 34.0. The summed E-state index contributed by atoms with van der Waals surface area (Å²) in [5.74, 6) is 0.857. The monoisotopic (exact) mass is 1040 g/mol. The summed E-state index contributed by atoms with van der Waals surface area (Å²) in [5.41, 5.74) is 2.85. The van der Waals surface area contributed by atoms with Crippen LogP contribution in [0.25, 0.3) is 11.4 Å². The Morgan fingerprint density at radius 1 is 0.847 bits per heavy atom. The fourth-order valence-corrected chi connectivity index (χ4v) is 13.1. The van der Waals surface area contributed by atoms with E-state index in [4.69, 9.17) is 13.9 Å². The molecule has 0 saturated carbocycles. The quantitative estimate of drug-likeness (QED) is 0.0617. The van der Waals surface area contributed by atoms with E-state index in [9.17, 15) is 4.79 Å². The Hall–Kier alpha value is -5.97. The average Bonchev–Trinajstić information content (AvgIpc) is 4.05. The van der Waals surface area contributed by atoms with Crippen LogP contribution in [0.3, 0.4) is 0 Å². The van der Waals surface area contributed by atoms with E-state index in [1.165, 1.54) is 15.1 Å². The Labute approximate surface area is 425 Å². The standard InChI is InChI=1S/C51H68N10O8S2Si/c1-50(2,3)68-49(62)53-30-42(69-72(8,9)51(4,5)6)31-55-70(63,64)45-25-24-44(59-28-26-40(27-29-59)43-32-52-36-54-43)46(48-56-57-58-61(48)35-39-20-22-41(67-7)23-21-39)47(45)71(65,66)60(33-37-16-12-10-13-17-37)34-38-18-14-11-15-19-38/h10-25,32,36,40,42,55H,26-31,33-35H2,1-9H3,(H,52,54)(H,53,62). The Morgan fingerprint density at radius 2 is 1.47 bits per heavy atom. The highest BCUT2D eigenvalue weighted by atomic mass is 32.2. The van der Waals surface area contributed by atoms with E-state index in [-0.39, 0.29) is 55.1 Å². The van der Waals surface area contributed by atoms with Gasteiger partial charge in [0.25, 0.3) is 0 Å². The van der Waals surface area contributed by atoms with Gasteiger partial charge in [0.05, 0.1) is 31.6 Å². The molecule has 0 radical (unpaired) electrons. The lowest BCUT2D eigenvalue weighted by atomic mass is 9.93. The Kier molecular flexibility index (Phi) is 16.8. The SMILES string of the molecule is COc1ccc(Cn2nnnc2-c2c(N3CCC(c4cnc[nH]4)CC3)ccc(S(=O)(=O)NCC(CNC(=O)OC(C)(C)C)O[Si](C)(C)C(C)(C)C)c2S(=O)(=O)N(Cc2ccccc2)Cc2ccccc2)cc1. The van der Waals surface area contributed by atoms with Crippen LogP contribution in [-0.2, 0) is 48.8 Å². The first-order valence-corrected chi connectivity index (χ1v) is 29.9. The predicted molar refractivity (Wildman–Crippen MR) is 279 cm³/mol.